The number of nitrogens with two attached hydrogens (primary N) is 1. The molecule has 3 aromatic rings. The lowest BCUT2D eigenvalue weighted by molar-refractivity contribution is 0.0384. The van der Waals surface area contributed by atoms with Crippen LogP contribution in [0.4, 0.5) is 11.6 Å². The molecule has 6 nitrogen and oxygen atoms in total. The van der Waals surface area contributed by atoms with Gasteiger partial charge in [0.15, 0.2) is 0 Å². The standard InChI is InChI=1S/C25H30ClN5O/c1-25(2,27)20-7-5-19(6-8-20)23-22(26)17-28-24(30-23)29-21-9-3-18(4-10-21)11-12-31-13-15-32-16-14-31/h3-10,17H,11-16,27H2,1-2H3,(H,28,29,30). The van der Waals surface area contributed by atoms with Crippen LogP contribution >= 0.6 is 11.6 Å². The SMILES string of the molecule is CC(C)(N)c1ccc(-c2nc(Nc3ccc(CCN4CCOCC4)cc3)ncc2Cl)cc1. The molecule has 32 heavy (non-hydrogen) atoms. The van der Waals surface area contributed by atoms with Gasteiger partial charge in [0.05, 0.1) is 30.1 Å². The van der Waals surface area contributed by atoms with Gasteiger partial charge in [-0.25, -0.2) is 9.97 Å². The van der Waals surface area contributed by atoms with Crippen LogP contribution in [-0.2, 0) is 16.7 Å². The van der Waals surface area contributed by atoms with Crippen LogP contribution in [-0.4, -0.2) is 47.7 Å². The Morgan fingerprint density at radius 3 is 2.41 bits per heavy atom. The summed E-state index contributed by atoms with van der Waals surface area (Å²) in [5.74, 6) is 0.508. The Kier molecular flexibility index (Phi) is 7.06. The van der Waals surface area contributed by atoms with Crippen LogP contribution in [0.3, 0.4) is 0 Å². The molecule has 7 heteroatoms. The van der Waals surface area contributed by atoms with Crippen molar-refractivity contribution >= 4 is 23.2 Å². The molecule has 0 unspecified atom stereocenters. The van der Waals surface area contributed by atoms with E-state index in [9.17, 15) is 0 Å². The number of ether oxygens (including phenoxy) is 1. The third-order valence-corrected chi connectivity index (χ3v) is 5.95. The molecule has 4 rings (SSSR count). The molecule has 0 saturated carbocycles. The first-order valence-electron chi connectivity index (χ1n) is 11.0. The van der Waals surface area contributed by atoms with E-state index in [2.05, 4.69) is 44.5 Å². The molecule has 2 aromatic carbocycles. The smallest absolute Gasteiger partial charge is 0.227 e. The van der Waals surface area contributed by atoms with E-state index in [0.29, 0.717) is 16.7 Å². The minimum Gasteiger partial charge on any atom is -0.379 e. The Labute approximate surface area is 194 Å². The van der Waals surface area contributed by atoms with Crippen molar-refractivity contribution in [2.45, 2.75) is 25.8 Å². The monoisotopic (exact) mass is 451 g/mol. The molecular formula is C25H30ClN5O. The molecule has 0 radical (unpaired) electrons. The second kappa shape index (κ2) is 9.96. The molecule has 1 aliphatic heterocycles. The summed E-state index contributed by atoms with van der Waals surface area (Å²) in [4.78, 5) is 11.4. The number of halogens is 1. The normalized spacial score (nSPS) is 15.0. The topological polar surface area (TPSA) is 76.3 Å². The molecule has 0 aliphatic carbocycles. The molecule has 1 fully saturated rings. The third-order valence-electron chi connectivity index (χ3n) is 5.68. The summed E-state index contributed by atoms with van der Waals surface area (Å²) in [6.07, 6.45) is 2.65. The van der Waals surface area contributed by atoms with Crippen LogP contribution in [0, 0.1) is 0 Å². The fraction of sp³-hybridized carbons (Fsp3) is 0.360. The van der Waals surface area contributed by atoms with Crippen LogP contribution in [0.15, 0.2) is 54.7 Å². The highest BCUT2D eigenvalue weighted by atomic mass is 35.5. The average Bonchev–Trinajstić information content (AvgIpc) is 2.80. The molecule has 1 aliphatic rings. The minimum absolute atomic E-state index is 0.394. The van der Waals surface area contributed by atoms with E-state index in [-0.39, 0.29) is 0 Å². The second-order valence-electron chi connectivity index (χ2n) is 8.72. The lowest BCUT2D eigenvalue weighted by Crippen LogP contribution is -2.37. The Hall–Kier alpha value is -2.51. The van der Waals surface area contributed by atoms with Crippen molar-refractivity contribution in [2.75, 3.05) is 38.2 Å². The molecule has 2 heterocycles. The van der Waals surface area contributed by atoms with Crippen molar-refractivity contribution in [1.82, 2.24) is 14.9 Å². The van der Waals surface area contributed by atoms with E-state index in [4.69, 9.17) is 22.1 Å². The van der Waals surface area contributed by atoms with Crippen LogP contribution in [0.25, 0.3) is 11.3 Å². The highest BCUT2D eigenvalue weighted by Crippen LogP contribution is 2.29. The maximum atomic E-state index is 6.39. The van der Waals surface area contributed by atoms with E-state index < -0.39 is 5.54 Å². The highest BCUT2D eigenvalue weighted by molar-refractivity contribution is 6.32. The Morgan fingerprint density at radius 2 is 1.75 bits per heavy atom. The number of benzene rings is 2. The van der Waals surface area contributed by atoms with Crippen molar-refractivity contribution in [1.29, 1.82) is 0 Å². The van der Waals surface area contributed by atoms with Crippen LogP contribution in [0.5, 0.6) is 0 Å². The quantitative estimate of drug-likeness (QED) is 0.546. The number of hydrogen-bond acceptors (Lipinski definition) is 6. The summed E-state index contributed by atoms with van der Waals surface area (Å²) in [6, 6.07) is 16.4. The molecule has 1 saturated heterocycles. The predicted molar refractivity (Wildman–Crippen MR) is 130 cm³/mol. The highest BCUT2D eigenvalue weighted by Gasteiger charge is 2.15. The lowest BCUT2D eigenvalue weighted by Gasteiger charge is -2.26. The second-order valence-corrected chi connectivity index (χ2v) is 9.12. The Balaban J connectivity index is 1.42. The van der Waals surface area contributed by atoms with E-state index >= 15 is 0 Å². The van der Waals surface area contributed by atoms with Gasteiger partial charge in [0, 0.05) is 36.4 Å². The summed E-state index contributed by atoms with van der Waals surface area (Å²) in [6.45, 7) is 8.72. The van der Waals surface area contributed by atoms with Gasteiger partial charge in [-0.1, -0.05) is 48.0 Å². The zero-order valence-corrected chi connectivity index (χ0v) is 19.4. The lowest BCUT2D eigenvalue weighted by atomic mass is 9.94. The van der Waals surface area contributed by atoms with E-state index in [1.807, 2.05) is 38.1 Å². The van der Waals surface area contributed by atoms with Gasteiger partial charge in [0.1, 0.15) is 0 Å². The molecule has 0 amide bonds. The van der Waals surface area contributed by atoms with Gasteiger partial charge >= 0.3 is 0 Å². The molecule has 168 valence electrons. The Bertz CT molecular complexity index is 1030. The van der Waals surface area contributed by atoms with Crippen LogP contribution in [0.1, 0.15) is 25.0 Å². The van der Waals surface area contributed by atoms with Gasteiger partial charge in [0.2, 0.25) is 5.95 Å². The molecule has 0 spiro atoms. The molecule has 0 bridgehead atoms. The van der Waals surface area contributed by atoms with Gasteiger partial charge in [-0.3, -0.25) is 4.90 Å². The van der Waals surface area contributed by atoms with Crippen molar-refractivity contribution in [3.63, 3.8) is 0 Å². The van der Waals surface area contributed by atoms with Crippen molar-refractivity contribution in [3.8, 4) is 11.3 Å². The minimum atomic E-state index is -0.394. The number of hydrogen-bond donors (Lipinski definition) is 2. The number of anilines is 2. The zero-order valence-electron chi connectivity index (χ0n) is 18.6. The fourth-order valence-electron chi connectivity index (χ4n) is 3.68. The fourth-order valence-corrected chi connectivity index (χ4v) is 3.88. The molecule has 1 aromatic heterocycles. The van der Waals surface area contributed by atoms with E-state index in [1.54, 1.807) is 6.20 Å². The van der Waals surface area contributed by atoms with Crippen molar-refractivity contribution in [2.24, 2.45) is 5.73 Å². The summed E-state index contributed by atoms with van der Waals surface area (Å²) in [5, 5.41) is 3.79. The number of rotatable bonds is 7. The van der Waals surface area contributed by atoms with Crippen molar-refractivity contribution in [3.05, 3.63) is 70.9 Å². The van der Waals surface area contributed by atoms with Crippen molar-refractivity contribution < 1.29 is 4.74 Å². The number of nitrogens with zero attached hydrogens (tertiary/aromatic N) is 3. The van der Waals surface area contributed by atoms with Crippen LogP contribution in [0.2, 0.25) is 5.02 Å². The van der Waals surface area contributed by atoms with E-state index in [0.717, 1.165) is 56.1 Å². The summed E-state index contributed by atoms with van der Waals surface area (Å²) in [5.41, 5.74) is 10.7. The number of aromatic nitrogens is 2. The molecular weight excluding hydrogens is 422 g/mol. The average molecular weight is 452 g/mol. The largest absolute Gasteiger partial charge is 0.379 e. The summed E-state index contributed by atoms with van der Waals surface area (Å²) < 4.78 is 5.41. The number of nitrogens with one attached hydrogen (secondary N) is 1. The molecule has 3 N–H and O–H groups in total. The Morgan fingerprint density at radius 1 is 1.06 bits per heavy atom. The van der Waals surface area contributed by atoms with Gasteiger partial charge in [-0.05, 0) is 43.5 Å². The number of morpholine rings is 1. The van der Waals surface area contributed by atoms with Gasteiger partial charge < -0.3 is 15.8 Å². The first-order chi connectivity index (χ1) is 15.4. The molecule has 0 atom stereocenters. The predicted octanol–water partition coefficient (Wildman–Crippen LogP) is 4.61. The van der Waals surface area contributed by atoms with Gasteiger partial charge in [-0.15, -0.1) is 0 Å². The van der Waals surface area contributed by atoms with Gasteiger partial charge in [-0.2, -0.15) is 0 Å². The van der Waals surface area contributed by atoms with Gasteiger partial charge in [0.25, 0.3) is 0 Å². The zero-order chi connectivity index (χ0) is 22.6. The first kappa shape index (κ1) is 22.7. The summed E-state index contributed by atoms with van der Waals surface area (Å²) in [7, 11) is 0. The maximum absolute atomic E-state index is 6.39. The summed E-state index contributed by atoms with van der Waals surface area (Å²) >= 11 is 6.39. The third kappa shape index (κ3) is 5.84. The van der Waals surface area contributed by atoms with Crippen LogP contribution < -0.4 is 11.1 Å². The maximum Gasteiger partial charge on any atom is 0.227 e. The van der Waals surface area contributed by atoms with E-state index in [1.165, 1.54) is 5.56 Å². The first-order valence-corrected chi connectivity index (χ1v) is 11.3.